The standard InChI is InChI=1S/C15H19NOS/c1-4-6-12(5-2)15-13-8-10-18-14(13)7-9-16(15)11(3)17/h4-6,8,10,15H,7,9H2,1-3H3/b6-4-,12-5+. The molecule has 1 aromatic rings. The highest BCUT2D eigenvalue weighted by Crippen LogP contribution is 2.38. The van der Waals surface area contributed by atoms with Crippen molar-refractivity contribution in [2.24, 2.45) is 0 Å². The second-order valence-electron chi connectivity index (χ2n) is 4.45. The van der Waals surface area contributed by atoms with Gasteiger partial charge in [-0.3, -0.25) is 4.79 Å². The van der Waals surface area contributed by atoms with E-state index in [1.54, 1.807) is 18.3 Å². The fraction of sp³-hybridized carbons (Fsp3) is 0.400. The summed E-state index contributed by atoms with van der Waals surface area (Å²) in [5.74, 6) is 0.153. The summed E-state index contributed by atoms with van der Waals surface area (Å²) in [4.78, 5) is 15.2. The van der Waals surface area contributed by atoms with Crippen LogP contribution in [0.1, 0.15) is 37.3 Å². The van der Waals surface area contributed by atoms with Crippen molar-refractivity contribution in [1.82, 2.24) is 4.90 Å². The van der Waals surface area contributed by atoms with Crippen LogP contribution >= 0.6 is 11.3 Å². The summed E-state index contributed by atoms with van der Waals surface area (Å²) in [5, 5.41) is 2.13. The predicted molar refractivity (Wildman–Crippen MR) is 76.7 cm³/mol. The maximum Gasteiger partial charge on any atom is 0.220 e. The topological polar surface area (TPSA) is 20.3 Å². The fourth-order valence-corrected chi connectivity index (χ4v) is 3.46. The van der Waals surface area contributed by atoms with E-state index in [-0.39, 0.29) is 11.9 Å². The lowest BCUT2D eigenvalue weighted by Gasteiger charge is -2.36. The Kier molecular flexibility index (Phi) is 4.02. The van der Waals surface area contributed by atoms with E-state index in [2.05, 4.69) is 23.6 Å². The Morgan fingerprint density at radius 1 is 1.50 bits per heavy atom. The van der Waals surface area contributed by atoms with Crippen molar-refractivity contribution in [3.05, 3.63) is 45.7 Å². The van der Waals surface area contributed by atoms with Gasteiger partial charge in [-0.1, -0.05) is 18.2 Å². The minimum absolute atomic E-state index is 0.0960. The number of hydrogen-bond acceptors (Lipinski definition) is 2. The second-order valence-corrected chi connectivity index (χ2v) is 5.45. The SMILES string of the molecule is C/C=C\C(=C/C)C1c2ccsc2CCN1C(C)=O. The summed E-state index contributed by atoms with van der Waals surface area (Å²) in [7, 11) is 0. The Hall–Kier alpha value is -1.35. The summed E-state index contributed by atoms with van der Waals surface area (Å²) in [6.07, 6.45) is 7.23. The summed E-state index contributed by atoms with van der Waals surface area (Å²) in [5.41, 5.74) is 2.50. The van der Waals surface area contributed by atoms with E-state index < -0.39 is 0 Å². The number of nitrogens with zero attached hydrogens (tertiary/aromatic N) is 1. The van der Waals surface area contributed by atoms with Crippen LogP contribution in [0.2, 0.25) is 0 Å². The Labute approximate surface area is 113 Å². The molecule has 2 heterocycles. The first-order chi connectivity index (χ1) is 8.69. The molecule has 1 aliphatic heterocycles. The van der Waals surface area contributed by atoms with Gasteiger partial charge in [0.25, 0.3) is 0 Å². The van der Waals surface area contributed by atoms with Crippen molar-refractivity contribution in [2.75, 3.05) is 6.54 Å². The molecule has 3 heteroatoms. The first kappa shape index (κ1) is 13.1. The molecule has 0 aliphatic carbocycles. The minimum atomic E-state index is 0.0960. The third-order valence-electron chi connectivity index (χ3n) is 3.38. The first-order valence-corrected chi connectivity index (χ1v) is 7.19. The van der Waals surface area contributed by atoms with Crippen LogP contribution in [-0.4, -0.2) is 17.4 Å². The molecule has 1 atom stereocenters. The van der Waals surface area contributed by atoms with Crippen LogP contribution in [0.5, 0.6) is 0 Å². The molecule has 0 fully saturated rings. The Bertz CT molecular complexity index is 498. The van der Waals surface area contributed by atoms with Crippen molar-refractivity contribution in [2.45, 2.75) is 33.2 Å². The zero-order valence-electron chi connectivity index (χ0n) is 11.1. The fourth-order valence-electron chi connectivity index (χ4n) is 2.55. The van der Waals surface area contributed by atoms with Gasteiger partial charge in [0.05, 0.1) is 6.04 Å². The number of rotatable bonds is 2. The van der Waals surface area contributed by atoms with Crippen LogP contribution < -0.4 is 0 Å². The molecule has 0 bridgehead atoms. The second kappa shape index (κ2) is 5.53. The normalized spacial score (nSPS) is 20.3. The molecule has 2 rings (SSSR count). The molecule has 0 N–H and O–H groups in total. The van der Waals surface area contributed by atoms with Crippen molar-refractivity contribution in [3.8, 4) is 0 Å². The zero-order chi connectivity index (χ0) is 13.1. The van der Waals surface area contributed by atoms with Gasteiger partial charge in [0.1, 0.15) is 0 Å². The average Bonchev–Trinajstić information content (AvgIpc) is 2.83. The van der Waals surface area contributed by atoms with E-state index in [4.69, 9.17) is 0 Å². The number of allylic oxidation sites excluding steroid dienone is 2. The van der Waals surface area contributed by atoms with Gasteiger partial charge in [0.15, 0.2) is 0 Å². The van der Waals surface area contributed by atoms with E-state index in [0.717, 1.165) is 13.0 Å². The Morgan fingerprint density at radius 3 is 2.89 bits per heavy atom. The highest BCUT2D eigenvalue weighted by Gasteiger charge is 2.31. The predicted octanol–water partition coefficient (Wildman–Crippen LogP) is 3.72. The number of thiophene rings is 1. The van der Waals surface area contributed by atoms with E-state index in [0.29, 0.717) is 0 Å². The molecule has 1 amide bonds. The highest BCUT2D eigenvalue weighted by atomic mass is 32.1. The molecule has 96 valence electrons. The van der Waals surface area contributed by atoms with Crippen LogP contribution in [0, 0.1) is 0 Å². The van der Waals surface area contributed by atoms with Crippen LogP contribution in [-0.2, 0) is 11.2 Å². The van der Waals surface area contributed by atoms with Gasteiger partial charge in [-0.2, -0.15) is 0 Å². The molecule has 1 aliphatic rings. The quantitative estimate of drug-likeness (QED) is 0.743. The van der Waals surface area contributed by atoms with Gasteiger partial charge in [-0.15, -0.1) is 11.3 Å². The van der Waals surface area contributed by atoms with Crippen LogP contribution in [0.25, 0.3) is 0 Å². The van der Waals surface area contributed by atoms with Crippen LogP contribution in [0.3, 0.4) is 0 Å². The van der Waals surface area contributed by atoms with Crippen molar-refractivity contribution in [1.29, 1.82) is 0 Å². The molecule has 1 aromatic heterocycles. The Balaban J connectivity index is 2.47. The van der Waals surface area contributed by atoms with Crippen LogP contribution in [0.15, 0.2) is 35.2 Å². The number of carbonyl (C=O) groups excluding carboxylic acids is 1. The monoisotopic (exact) mass is 261 g/mol. The van der Waals surface area contributed by atoms with E-state index in [1.807, 2.05) is 24.8 Å². The van der Waals surface area contributed by atoms with Gasteiger partial charge < -0.3 is 4.90 Å². The summed E-state index contributed by atoms with van der Waals surface area (Å²) >= 11 is 1.80. The maximum atomic E-state index is 11.8. The molecule has 0 saturated carbocycles. The van der Waals surface area contributed by atoms with Crippen LogP contribution in [0.4, 0.5) is 0 Å². The lowest BCUT2D eigenvalue weighted by Crippen LogP contribution is -2.38. The molecular weight excluding hydrogens is 242 g/mol. The molecule has 0 saturated heterocycles. The molecule has 0 spiro atoms. The first-order valence-electron chi connectivity index (χ1n) is 6.31. The molecule has 18 heavy (non-hydrogen) atoms. The number of hydrogen-bond donors (Lipinski definition) is 0. The molecule has 2 nitrogen and oxygen atoms in total. The highest BCUT2D eigenvalue weighted by molar-refractivity contribution is 7.10. The average molecular weight is 261 g/mol. The maximum absolute atomic E-state index is 11.8. The van der Waals surface area contributed by atoms with Crippen molar-refractivity contribution < 1.29 is 4.79 Å². The molecule has 0 radical (unpaired) electrons. The van der Waals surface area contributed by atoms with Gasteiger partial charge in [-0.05, 0) is 42.9 Å². The third-order valence-corrected chi connectivity index (χ3v) is 4.38. The van der Waals surface area contributed by atoms with Crippen molar-refractivity contribution >= 4 is 17.2 Å². The number of carbonyl (C=O) groups is 1. The van der Waals surface area contributed by atoms with E-state index in [9.17, 15) is 4.79 Å². The largest absolute Gasteiger partial charge is 0.331 e. The minimum Gasteiger partial charge on any atom is -0.331 e. The number of amides is 1. The Morgan fingerprint density at radius 2 is 2.28 bits per heavy atom. The summed E-state index contributed by atoms with van der Waals surface area (Å²) < 4.78 is 0. The van der Waals surface area contributed by atoms with Gasteiger partial charge in [0, 0.05) is 18.3 Å². The summed E-state index contributed by atoms with van der Waals surface area (Å²) in [6.45, 7) is 6.53. The zero-order valence-corrected chi connectivity index (χ0v) is 12.0. The van der Waals surface area contributed by atoms with Gasteiger partial charge >= 0.3 is 0 Å². The van der Waals surface area contributed by atoms with Crippen molar-refractivity contribution in [3.63, 3.8) is 0 Å². The molecule has 1 unspecified atom stereocenters. The lowest BCUT2D eigenvalue weighted by atomic mass is 9.92. The van der Waals surface area contributed by atoms with E-state index in [1.165, 1.54) is 16.0 Å². The molecule has 0 aromatic carbocycles. The third kappa shape index (κ3) is 2.27. The molecular formula is C15H19NOS. The van der Waals surface area contributed by atoms with Gasteiger partial charge in [0.2, 0.25) is 5.91 Å². The smallest absolute Gasteiger partial charge is 0.220 e. The lowest BCUT2D eigenvalue weighted by molar-refractivity contribution is -0.130. The van der Waals surface area contributed by atoms with Gasteiger partial charge in [-0.25, -0.2) is 0 Å². The van der Waals surface area contributed by atoms with E-state index >= 15 is 0 Å². The number of fused-ring (bicyclic) bond motifs is 1. The summed E-state index contributed by atoms with van der Waals surface area (Å²) in [6, 6.07) is 2.26.